The van der Waals surface area contributed by atoms with Gasteiger partial charge in [-0.3, -0.25) is 18.7 Å². The molecule has 0 saturated carbocycles. The molecule has 10 heteroatoms. The highest BCUT2D eigenvalue weighted by Gasteiger charge is 2.24. The lowest BCUT2D eigenvalue weighted by atomic mass is 9.99. The molecule has 2 aromatic carbocycles. The topological polar surface area (TPSA) is 136 Å². The third-order valence-electron chi connectivity index (χ3n) is 6.15. The number of nitrogens with two attached hydrogens (primary N) is 1. The molecule has 1 amide bonds. The van der Waals surface area contributed by atoms with E-state index in [1.165, 1.54) is 4.57 Å². The van der Waals surface area contributed by atoms with E-state index in [-0.39, 0.29) is 41.3 Å². The fourth-order valence-electron chi connectivity index (χ4n) is 4.25. The number of rotatable bonds is 9. The van der Waals surface area contributed by atoms with Crippen molar-refractivity contribution in [2.45, 2.75) is 52.9 Å². The number of hydrogen-bond acceptors (Lipinski definition) is 5. The first kappa shape index (κ1) is 26.9. The Balaban J connectivity index is 1.90. The number of aromatic nitrogens is 2. The average Bonchev–Trinajstić information content (AvgIpc) is 2.84. The summed E-state index contributed by atoms with van der Waals surface area (Å²) in [5, 5.41) is 12.4. The van der Waals surface area contributed by atoms with Crippen molar-refractivity contribution in [1.29, 1.82) is 0 Å². The van der Waals surface area contributed by atoms with Gasteiger partial charge >= 0.3 is 11.7 Å². The molecule has 3 aromatic rings. The van der Waals surface area contributed by atoms with Gasteiger partial charge in [-0.1, -0.05) is 48.0 Å². The first-order valence-electron chi connectivity index (χ1n) is 11.6. The van der Waals surface area contributed by atoms with Gasteiger partial charge in [0.15, 0.2) is 0 Å². The van der Waals surface area contributed by atoms with E-state index < -0.39 is 17.9 Å². The number of nitrogens with one attached hydrogen (secondary N) is 1. The maximum atomic E-state index is 13.0. The number of benzene rings is 2. The summed E-state index contributed by atoms with van der Waals surface area (Å²) < 4.78 is 2.74. The molecular formula is C26H29ClN4O5. The van der Waals surface area contributed by atoms with Crippen LogP contribution in [-0.4, -0.2) is 32.2 Å². The Kier molecular flexibility index (Phi) is 8.49. The summed E-state index contributed by atoms with van der Waals surface area (Å²) in [6, 6.07) is 10.5. The number of carboxylic acid groups (broad SMARTS) is 1. The highest BCUT2D eigenvalue weighted by atomic mass is 35.5. The lowest BCUT2D eigenvalue weighted by molar-refractivity contribution is -0.139. The zero-order valence-corrected chi connectivity index (χ0v) is 21.1. The van der Waals surface area contributed by atoms with Crippen LogP contribution in [0.1, 0.15) is 41.0 Å². The normalized spacial score (nSPS) is 11.8. The number of halogens is 1. The Morgan fingerprint density at radius 2 is 1.69 bits per heavy atom. The summed E-state index contributed by atoms with van der Waals surface area (Å²) in [6.07, 6.45) is 0.0103. The molecular weight excluding hydrogens is 484 g/mol. The molecule has 1 aromatic heterocycles. The number of aliphatic carboxylic acids is 1. The SMILES string of the molecule is CCn1c(C)c(-c2ccc(CC(NC(=O)c3c(Cl)cccc3CN)C(=O)O)cc2)c(=O)n(CC)c1=O. The van der Waals surface area contributed by atoms with Crippen LogP contribution in [0, 0.1) is 6.92 Å². The minimum Gasteiger partial charge on any atom is -0.480 e. The third kappa shape index (κ3) is 5.27. The van der Waals surface area contributed by atoms with Crippen LogP contribution in [0.25, 0.3) is 11.1 Å². The van der Waals surface area contributed by atoms with E-state index in [0.717, 1.165) is 0 Å². The number of carboxylic acids is 1. The maximum absolute atomic E-state index is 13.0. The lowest BCUT2D eigenvalue weighted by Gasteiger charge is -2.18. The van der Waals surface area contributed by atoms with Crippen molar-refractivity contribution in [2.24, 2.45) is 5.73 Å². The van der Waals surface area contributed by atoms with Crippen LogP contribution >= 0.6 is 11.6 Å². The molecule has 9 nitrogen and oxygen atoms in total. The highest BCUT2D eigenvalue weighted by Crippen LogP contribution is 2.22. The minimum absolute atomic E-state index is 0.0103. The van der Waals surface area contributed by atoms with Crippen LogP contribution < -0.4 is 22.3 Å². The first-order valence-corrected chi connectivity index (χ1v) is 12.0. The molecule has 1 unspecified atom stereocenters. The number of nitrogens with zero attached hydrogens (tertiary/aromatic N) is 2. The molecule has 0 fully saturated rings. The van der Waals surface area contributed by atoms with Crippen LogP contribution in [0.3, 0.4) is 0 Å². The molecule has 0 aliphatic heterocycles. The van der Waals surface area contributed by atoms with Gasteiger partial charge in [-0.2, -0.15) is 0 Å². The lowest BCUT2D eigenvalue weighted by Crippen LogP contribution is -2.42. The van der Waals surface area contributed by atoms with Gasteiger partial charge in [0.2, 0.25) is 0 Å². The summed E-state index contributed by atoms with van der Waals surface area (Å²) in [4.78, 5) is 50.3. The molecule has 1 atom stereocenters. The second-order valence-electron chi connectivity index (χ2n) is 8.28. The Labute approximate surface area is 213 Å². The standard InChI is InChI=1S/C26H29ClN4O5/c1-4-30-15(3)21(24(33)31(5-2)26(30)36)17-11-9-16(10-12-17)13-20(25(34)35)29-23(32)22-18(14-28)7-6-8-19(22)27/h6-12,20H,4-5,13-14,28H2,1-3H3,(H,29,32)(H,34,35). The number of carbonyl (C=O) groups is 2. The summed E-state index contributed by atoms with van der Waals surface area (Å²) in [7, 11) is 0. The van der Waals surface area contributed by atoms with Crippen molar-refractivity contribution in [3.8, 4) is 11.1 Å². The predicted molar refractivity (Wildman–Crippen MR) is 138 cm³/mol. The van der Waals surface area contributed by atoms with Gasteiger partial charge in [-0.25, -0.2) is 9.59 Å². The van der Waals surface area contributed by atoms with Gasteiger partial charge in [-0.15, -0.1) is 0 Å². The number of amides is 1. The molecule has 0 spiro atoms. The Hall–Kier alpha value is -3.69. The summed E-state index contributed by atoms with van der Waals surface area (Å²) in [5.74, 6) is -1.83. The van der Waals surface area contributed by atoms with E-state index in [0.29, 0.717) is 34.5 Å². The van der Waals surface area contributed by atoms with Gasteiger partial charge in [0.05, 0.1) is 16.1 Å². The maximum Gasteiger partial charge on any atom is 0.331 e. The largest absolute Gasteiger partial charge is 0.480 e. The molecule has 0 bridgehead atoms. The zero-order valence-electron chi connectivity index (χ0n) is 20.4. The Morgan fingerprint density at radius 1 is 1.06 bits per heavy atom. The van der Waals surface area contributed by atoms with Crippen LogP contribution in [-0.2, 0) is 30.8 Å². The first-order chi connectivity index (χ1) is 17.1. The fourth-order valence-corrected chi connectivity index (χ4v) is 4.53. The average molecular weight is 513 g/mol. The molecule has 0 aliphatic carbocycles. The Morgan fingerprint density at radius 3 is 2.25 bits per heavy atom. The second kappa shape index (κ2) is 11.4. The van der Waals surface area contributed by atoms with Crippen molar-refractivity contribution in [2.75, 3.05) is 0 Å². The van der Waals surface area contributed by atoms with Crippen LogP contribution in [0.4, 0.5) is 0 Å². The van der Waals surface area contributed by atoms with E-state index in [1.807, 2.05) is 6.92 Å². The van der Waals surface area contributed by atoms with Gasteiger partial charge in [0.1, 0.15) is 6.04 Å². The van der Waals surface area contributed by atoms with Gasteiger partial charge < -0.3 is 16.2 Å². The van der Waals surface area contributed by atoms with Crippen LogP contribution in [0.5, 0.6) is 0 Å². The minimum atomic E-state index is -1.22. The molecule has 0 saturated heterocycles. The molecule has 4 N–H and O–H groups in total. The summed E-state index contributed by atoms with van der Waals surface area (Å²) in [5.41, 5.74) is 7.88. The van der Waals surface area contributed by atoms with Gasteiger partial charge in [0.25, 0.3) is 11.5 Å². The molecule has 1 heterocycles. The van der Waals surface area contributed by atoms with E-state index in [1.54, 1.807) is 60.9 Å². The molecule has 3 rings (SSSR count). The van der Waals surface area contributed by atoms with Crippen molar-refractivity contribution in [1.82, 2.24) is 14.5 Å². The van der Waals surface area contributed by atoms with E-state index in [2.05, 4.69) is 5.32 Å². The number of carbonyl (C=O) groups excluding carboxylic acids is 1. The zero-order chi connectivity index (χ0) is 26.6. The smallest absolute Gasteiger partial charge is 0.331 e. The fraction of sp³-hybridized carbons (Fsp3) is 0.308. The second-order valence-corrected chi connectivity index (χ2v) is 8.69. The Bertz CT molecular complexity index is 1410. The van der Waals surface area contributed by atoms with E-state index in [9.17, 15) is 24.3 Å². The molecule has 0 radical (unpaired) electrons. The van der Waals surface area contributed by atoms with Crippen LogP contribution in [0.15, 0.2) is 52.1 Å². The molecule has 0 aliphatic rings. The van der Waals surface area contributed by atoms with Crippen molar-refractivity contribution < 1.29 is 14.7 Å². The molecule has 36 heavy (non-hydrogen) atoms. The van der Waals surface area contributed by atoms with E-state index in [4.69, 9.17) is 17.3 Å². The predicted octanol–water partition coefficient (Wildman–Crippen LogP) is 2.56. The van der Waals surface area contributed by atoms with Gasteiger partial charge in [0, 0.05) is 31.7 Å². The van der Waals surface area contributed by atoms with Crippen molar-refractivity contribution in [3.63, 3.8) is 0 Å². The third-order valence-corrected chi connectivity index (χ3v) is 6.47. The highest BCUT2D eigenvalue weighted by molar-refractivity contribution is 6.34. The monoisotopic (exact) mass is 512 g/mol. The van der Waals surface area contributed by atoms with Gasteiger partial charge in [-0.05, 0) is 43.5 Å². The molecule has 190 valence electrons. The van der Waals surface area contributed by atoms with Crippen molar-refractivity contribution in [3.05, 3.63) is 90.7 Å². The quantitative estimate of drug-likeness (QED) is 0.403. The van der Waals surface area contributed by atoms with E-state index >= 15 is 0 Å². The summed E-state index contributed by atoms with van der Waals surface area (Å²) in [6.45, 7) is 6.06. The van der Waals surface area contributed by atoms with Crippen molar-refractivity contribution >= 4 is 23.5 Å². The number of hydrogen-bond donors (Lipinski definition) is 3. The summed E-state index contributed by atoms with van der Waals surface area (Å²) >= 11 is 6.17. The van der Waals surface area contributed by atoms with Crippen LogP contribution in [0.2, 0.25) is 5.02 Å².